The van der Waals surface area contributed by atoms with Crippen molar-refractivity contribution in [3.63, 3.8) is 0 Å². The Labute approximate surface area is 181 Å². The third kappa shape index (κ3) is 5.35. The molecule has 7 nitrogen and oxygen atoms in total. The molecule has 3 atom stereocenters. The Morgan fingerprint density at radius 2 is 1.60 bits per heavy atom. The minimum atomic E-state index is -1.05. The number of hydroxylamine groups is 2. The van der Waals surface area contributed by atoms with Gasteiger partial charge in [-0.1, -0.05) is 20.8 Å². The van der Waals surface area contributed by atoms with Crippen LogP contribution in [0, 0.1) is 23.2 Å². The first-order valence-electron chi connectivity index (χ1n) is 11.2. The predicted molar refractivity (Wildman–Crippen MR) is 113 cm³/mol. The van der Waals surface area contributed by atoms with E-state index in [0.29, 0.717) is 18.8 Å². The zero-order valence-electron chi connectivity index (χ0n) is 19.7. The van der Waals surface area contributed by atoms with E-state index in [-0.39, 0.29) is 31.0 Å². The Morgan fingerprint density at radius 1 is 1.07 bits per heavy atom. The molecule has 30 heavy (non-hydrogen) atoms. The molecule has 2 fully saturated rings. The topological polar surface area (TPSA) is 96.3 Å². The maximum absolute atomic E-state index is 12.7. The molecule has 2 rings (SSSR count). The quantitative estimate of drug-likeness (QED) is 0.572. The molecule has 7 heteroatoms. The van der Waals surface area contributed by atoms with Gasteiger partial charge in [0.25, 0.3) is 0 Å². The molecule has 0 bridgehead atoms. The fraction of sp³-hybridized carbons (Fsp3) is 0.913. The van der Waals surface area contributed by atoms with Gasteiger partial charge >= 0.3 is 11.9 Å². The second kappa shape index (κ2) is 9.13. The smallest absolute Gasteiger partial charge is 0.312 e. The molecule has 1 heterocycles. The summed E-state index contributed by atoms with van der Waals surface area (Å²) in [5.74, 6) is -0.326. The van der Waals surface area contributed by atoms with E-state index < -0.39 is 28.6 Å². The number of nitrogens with zero attached hydrogens (tertiary/aromatic N) is 1. The van der Waals surface area contributed by atoms with Gasteiger partial charge in [-0.25, -0.2) is 0 Å². The fourth-order valence-electron chi connectivity index (χ4n) is 5.30. The first-order chi connectivity index (χ1) is 13.7. The second-order valence-corrected chi connectivity index (χ2v) is 11.1. The number of ether oxygens (including phenoxy) is 2. The zero-order valence-corrected chi connectivity index (χ0v) is 19.7. The van der Waals surface area contributed by atoms with E-state index in [0.717, 1.165) is 19.3 Å². The van der Waals surface area contributed by atoms with Gasteiger partial charge in [-0.05, 0) is 71.6 Å². The normalized spacial score (nSPS) is 29.9. The van der Waals surface area contributed by atoms with Crippen molar-refractivity contribution in [2.45, 2.75) is 97.8 Å². The van der Waals surface area contributed by atoms with Crippen molar-refractivity contribution >= 4 is 11.9 Å². The lowest BCUT2D eigenvalue weighted by Gasteiger charge is -2.50. The Bertz CT molecular complexity index is 613. The van der Waals surface area contributed by atoms with Gasteiger partial charge in [0.05, 0.1) is 11.3 Å². The van der Waals surface area contributed by atoms with Gasteiger partial charge in [-0.15, -0.1) is 0 Å². The number of esters is 2. The van der Waals surface area contributed by atoms with Crippen LogP contribution in [0.1, 0.15) is 80.6 Å². The van der Waals surface area contributed by atoms with Crippen LogP contribution in [-0.4, -0.2) is 57.7 Å². The van der Waals surface area contributed by atoms with Crippen molar-refractivity contribution in [3.8, 4) is 0 Å². The van der Waals surface area contributed by atoms with E-state index in [4.69, 9.17) is 9.47 Å². The van der Waals surface area contributed by atoms with Crippen molar-refractivity contribution in [3.05, 3.63) is 0 Å². The molecule has 1 saturated heterocycles. The van der Waals surface area contributed by atoms with Crippen LogP contribution in [0.25, 0.3) is 0 Å². The molecule has 0 aromatic heterocycles. The summed E-state index contributed by atoms with van der Waals surface area (Å²) in [4.78, 5) is 25.2. The molecule has 2 N–H and O–H groups in total. The standard InChI is InChI=1S/C23H41NO6/c1-15(2)10-23(9-8-16(23)3)20(27)30-14-18(25)13-29-19(26)17-11-21(4,5)24(28)22(6,7)12-17/h15-18,25,28H,8-14H2,1-7H3. The molecule has 174 valence electrons. The summed E-state index contributed by atoms with van der Waals surface area (Å²) in [5, 5.41) is 21.9. The van der Waals surface area contributed by atoms with Crippen LogP contribution >= 0.6 is 0 Å². The van der Waals surface area contributed by atoms with Crippen LogP contribution in [-0.2, 0) is 19.1 Å². The van der Waals surface area contributed by atoms with Crippen LogP contribution in [0.2, 0.25) is 0 Å². The molecule has 1 aliphatic carbocycles. The first-order valence-corrected chi connectivity index (χ1v) is 11.2. The number of aliphatic hydroxyl groups is 1. The van der Waals surface area contributed by atoms with Gasteiger partial charge < -0.3 is 19.8 Å². The summed E-state index contributed by atoms with van der Waals surface area (Å²) in [6, 6.07) is 0. The lowest BCUT2D eigenvalue weighted by Crippen LogP contribution is -2.60. The first kappa shape index (κ1) is 25.1. The summed E-state index contributed by atoms with van der Waals surface area (Å²) in [7, 11) is 0. The number of piperidine rings is 1. The maximum Gasteiger partial charge on any atom is 0.312 e. The Morgan fingerprint density at radius 3 is 2.03 bits per heavy atom. The number of hydrogen-bond acceptors (Lipinski definition) is 7. The van der Waals surface area contributed by atoms with E-state index in [2.05, 4.69) is 20.8 Å². The highest BCUT2D eigenvalue weighted by Gasteiger charge is 2.51. The van der Waals surface area contributed by atoms with Gasteiger partial charge in [-0.3, -0.25) is 9.59 Å². The average molecular weight is 428 g/mol. The van der Waals surface area contributed by atoms with Crippen molar-refractivity contribution in [1.29, 1.82) is 0 Å². The molecule has 1 saturated carbocycles. The fourth-order valence-corrected chi connectivity index (χ4v) is 5.30. The van der Waals surface area contributed by atoms with Crippen LogP contribution in [0.15, 0.2) is 0 Å². The molecule has 0 radical (unpaired) electrons. The van der Waals surface area contributed by atoms with Gasteiger partial charge in [0.1, 0.15) is 19.3 Å². The van der Waals surface area contributed by atoms with Crippen LogP contribution < -0.4 is 0 Å². The number of carbonyl (C=O) groups excluding carboxylic acids is 2. The van der Waals surface area contributed by atoms with E-state index in [9.17, 15) is 19.9 Å². The van der Waals surface area contributed by atoms with Gasteiger partial charge in [0, 0.05) is 11.1 Å². The summed E-state index contributed by atoms with van der Waals surface area (Å²) >= 11 is 0. The minimum absolute atomic E-state index is 0.176. The summed E-state index contributed by atoms with van der Waals surface area (Å²) < 4.78 is 10.7. The Kier molecular flexibility index (Phi) is 7.63. The Balaban J connectivity index is 1.82. The highest BCUT2D eigenvalue weighted by Crippen LogP contribution is 2.51. The average Bonchev–Trinajstić information content (AvgIpc) is 2.64. The summed E-state index contributed by atoms with van der Waals surface area (Å²) in [5.41, 5.74) is -1.55. The highest BCUT2D eigenvalue weighted by atomic mass is 16.6. The Hall–Kier alpha value is -1.18. The predicted octanol–water partition coefficient (Wildman–Crippen LogP) is 3.55. The lowest BCUT2D eigenvalue weighted by molar-refractivity contribution is -0.252. The molecular formula is C23H41NO6. The molecule has 3 unspecified atom stereocenters. The largest absolute Gasteiger partial charge is 0.463 e. The van der Waals surface area contributed by atoms with Gasteiger partial charge in [-0.2, -0.15) is 5.06 Å². The van der Waals surface area contributed by atoms with E-state index in [1.54, 1.807) is 0 Å². The number of carbonyl (C=O) groups is 2. The molecule has 0 amide bonds. The van der Waals surface area contributed by atoms with Gasteiger partial charge in [0.15, 0.2) is 0 Å². The monoisotopic (exact) mass is 427 g/mol. The van der Waals surface area contributed by atoms with Crippen molar-refractivity contribution < 1.29 is 29.4 Å². The molecule has 2 aliphatic rings. The number of hydrogen-bond donors (Lipinski definition) is 2. The van der Waals surface area contributed by atoms with Crippen LogP contribution in [0.4, 0.5) is 0 Å². The van der Waals surface area contributed by atoms with Crippen molar-refractivity contribution in [2.24, 2.45) is 23.2 Å². The van der Waals surface area contributed by atoms with Crippen molar-refractivity contribution in [2.75, 3.05) is 13.2 Å². The minimum Gasteiger partial charge on any atom is -0.463 e. The molecule has 1 aliphatic heterocycles. The summed E-state index contributed by atoms with van der Waals surface area (Å²) in [6.07, 6.45) is 2.50. The summed E-state index contributed by atoms with van der Waals surface area (Å²) in [6.45, 7) is 13.4. The number of rotatable bonds is 8. The van der Waals surface area contributed by atoms with Gasteiger partial charge in [0.2, 0.25) is 0 Å². The number of aliphatic hydroxyl groups excluding tert-OH is 1. The zero-order chi connectivity index (χ0) is 22.9. The SMILES string of the molecule is CC(C)CC1(C(=O)OCC(O)COC(=O)C2CC(C)(C)N(O)C(C)(C)C2)CCC1C. The third-order valence-electron chi connectivity index (χ3n) is 6.94. The van der Waals surface area contributed by atoms with E-state index >= 15 is 0 Å². The second-order valence-electron chi connectivity index (χ2n) is 11.1. The van der Waals surface area contributed by atoms with E-state index in [1.165, 1.54) is 5.06 Å². The molecular weight excluding hydrogens is 386 g/mol. The van der Waals surface area contributed by atoms with Crippen LogP contribution in [0.3, 0.4) is 0 Å². The van der Waals surface area contributed by atoms with E-state index in [1.807, 2.05) is 27.7 Å². The van der Waals surface area contributed by atoms with Crippen LogP contribution in [0.5, 0.6) is 0 Å². The molecule has 0 aromatic carbocycles. The lowest BCUT2D eigenvalue weighted by atomic mass is 9.57. The molecule has 0 aromatic rings. The maximum atomic E-state index is 12.7. The highest BCUT2D eigenvalue weighted by molar-refractivity contribution is 5.78. The molecule has 0 spiro atoms. The van der Waals surface area contributed by atoms with Crippen molar-refractivity contribution in [1.82, 2.24) is 5.06 Å². The third-order valence-corrected chi connectivity index (χ3v) is 6.94.